The number of hydrogen-bond acceptors (Lipinski definition) is 4. The summed E-state index contributed by atoms with van der Waals surface area (Å²) in [5.41, 5.74) is -0.557. The third-order valence-electron chi connectivity index (χ3n) is 4.50. The molecule has 2 saturated carbocycles. The average molecular weight is 325 g/mol. The van der Waals surface area contributed by atoms with Gasteiger partial charge < -0.3 is 20.7 Å². The summed E-state index contributed by atoms with van der Waals surface area (Å²) in [6.07, 6.45) is 2.63. The molecule has 0 heterocycles. The summed E-state index contributed by atoms with van der Waals surface area (Å²) in [5, 5.41) is 8.32. The van der Waals surface area contributed by atoms with Gasteiger partial charge in [-0.05, 0) is 46.5 Å². The highest BCUT2D eigenvalue weighted by Gasteiger charge is 2.42. The lowest BCUT2D eigenvalue weighted by molar-refractivity contribution is -0.133. The number of ether oxygens (including phenoxy) is 1. The molecule has 0 saturated heterocycles. The molecule has 0 radical (unpaired) electrons. The van der Waals surface area contributed by atoms with Gasteiger partial charge in [0.1, 0.15) is 5.60 Å². The Bertz CT molecular complexity index is 486. The molecule has 4 atom stereocenters. The first-order valence-electron chi connectivity index (χ1n) is 8.22. The van der Waals surface area contributed by atoms with E-state index in [0.29, 0.717) is 0 Å². The summed E-state index contributed by atoms with van der Waals surface area (Å²) < 4.78 is 5.21. The van der Waals surface area contributed by atoms with Gasteiger partial charge in [0.15, 0.2) is 0 Å². The average Bonchev–Trinajstić information content (AvgIpc) is 2.37. The standard InChI is InChI=1S/C16H27N3O4/c1-16(2,3)23-15(22)19-12-8-6-10(12)14(21)18-11-7-5-9(11)13(20)17-4/h9-12H,5-8H2,1-4H3,(H,17,20)(H,18,21)(H,19,22)/t9-,10+,11-,12+/m1/s1. The van der Waals surface area contributed by atoms with E-state index in [4.69, 9.17) is 4.74 Å². The molecule has 23 heavy (non-hydrogen) atoms. The summed E-state index contributed by atoms with van der Waals surface area (Å²) >= 11 is 0. The normalized spacial score (nSPS) is 29.6. The third kappa shape index (κ3) is 4.36. The lowest BCUT2D eigenvalue weighted by atomic mass is 9.76. The second-order valence-corrected chi connectivity index (χ2v) is 7.35. The quantitative estimate of drug-likeness (QED) is 0.716. The molecule has 0 aromatic carbocycles. The molecule has 0 unspecified atom stereocenters. The van der Waals surface area contributed by atoms with Gasteiger partial charge in [-0.3, -0.25) is 9.59 Å². The first kappa shape index (κ1) is 17.6. The zero-order chi connectivity index (χ0) is 17.2. The van der Waals surface area contributed by atoms with Gasteiger partial charge in [-0.2, -0.15) is 0 Å². The minimum absolute atomic E-state index is 0.0291. The van der Waals surface area contributed by atoms with E-state index >= 15 is 0 Å². The van der Waals surface area contributed by atoms with E-state index in [2.05, 4.69) is 16.0 Å². The van der Waals surface area contributed by atoms with Gasteiger partial charge >= 0.3 is 6.09 Å². The zero-order valence-corrected chi connectivity index (χ0v) is 14.3. The molecular weight excluding hydrogens is 298 g/mol. The van der Waals surface area contributed by atoms with Crippen LogP contribution in [0, 0.1) is 11.8 Å². The van der Waals surface area contributed by atoms with Crippen LogP contribution in [0.1, 0.15) is 46.5 Å². The Morgan fingerprint density at radius 1 is 0.870 bits per heavy atom. The molecule has 3 N–H and O–H groups in total. The van der Waals surface area contributed by atoms with Crippen molar-refractivity contribution < 1.29 is 19.1 Å². The van der Waals surface area contributed by atoms with Crippen LogP contribution < -0.4 is 16.0 Å². The minimum atomic E-state index is -0.557. The van der Waals surface area contributed by atoms with Crippen molar-refractivity contribution in [2.45, 2.75) is 64.1 Å². The number of carbonyl (C=O) groups excluding carboxylic acids is 3. The van der Waals surface area contributed by atoms with Crippen molar-refractivity contribution in [2.24, 2.45) is 11.8 Å². The first-order valence-corrected chi connectivity index (χ1v) is 8.22. The van der Waals surface area contributed by atoms with Gasteiger partial charge in [0.05, 0.1) is 11.8 Å². The van der Waals surface area contributed by atoms with E-state index < -0.39 is 11.7 Å². The van der Waals surface area contributed by atoms with E-state index in [1.54, 1.807) is 27.8 Å². The highest BCUT2D eigenvalue weighted by Crippen LogP contribution is 2.31. The van der Waals surface area contributed by atoms with Crippen molar-refractivity contribution in [3.05, 3.63) is 0 Å². The first-order chi connectivity index (χ1) is 10.7. The maximum Gasteiger partial charge on any atom is 0.407 e. The summed E-state index contributed by atoms with van der Waals surface area (Å²) in [4.78, 5) is 35.8. The van der Waals surface area contributed by atoms with Crippen molar-refractivity contribution in [3.63, 3.8) is 0 Å². The van der Waals surface area contributed by atoms with Gasteiger partial charge in [0.25, 0.3) is 0 Å². The molecule has 2 aliphatic carbocycles. The molecule has 3 amide bonds. The summed E-state index contributed by atoms with van der Waals surface area (Å²) in [7, 11) is 1.60. The van der Waals surface area contributed by atoms with Crippen LogP contribution in [0.5, 0.6) is 0 Å². The van der Waals surface area contributed by atoms with E-state index in [1.807, 2.05) is 0 Å². The SMILES string of the molecule is CNC(=O)[C@@H]1CC[C@H]1NC(=O)[C@H]1CC[C@@H]1NC(=O)OC(C)(C)C. The molecule has 7 heteroatoms. The molecule has 0 aromatic heterocycles. The minimum Gasteiger partial charge on any atom is -0.444 e. The molecule has 2 fully saturated rings. The smallest absolute Gasteiger partial charge is 0.407 e. The van der Waals surface area contributed by atoms with Crippen molar-refractivity contribution in [1.29, 1.82) is 0 Å². The number of rotatable bonds is 4. The van der Waals surface area contributed by atoms with Gasteiger partial charge in [0, 0.05) is 19.1 Å². The molecule has 0 aromatic rings. The maximum atomic E-state index is 12.3. The van der Waals surface area contributed by atoms with Gasteiger partial charge in [-0.15, -0.1) is 0 Å². The van der Waals surface area contributed by atoms with Gasteiger partial charge in [-0.1, -0.05) is 0 Å². The number of alkyl carbamates (subject to hydrolysis) is 1. The molecule has 0 spiro atoms. The topological polar surface area (TPSA) is 96.5 Å². The lowest BCUT2D eigenvalue weighted by Gasteiger charge is -2.40. The zero-order valence-electron chi connectivity index (χ0n) is 14.3. The molecular formula is C16H27N3O4. The van der Waals surface area contributed by atoms with Crippen LogP contribution in [-0.2, 0) is 14.3 Å². The van der Waals surface area contributed by atoms with E-state index in [9.17, 15) is 14.4 Å². The van der Waals surface area contributed by atoms with E-state index in [-0.39, 0.29) is 35.7 Å². The maximum absolute atomic E-state index is 12.3. The summed E-state index contributed by atoms with van der Waals surface area (Å²) in [5.74, 6) is -0.496. The number of nitrogens with one attached hydrogen (secondary N) is 3. The molecule has 2 aliphatic rings. The van der Waals surface area contributed by atoms with Crippen LogP contribution in [0.2, 0.25) is 0 Å². The molecule has 2 rings (SSSR count). The molecule has 0 bridgehead atoms. The molecule has 7 nitrogen and oxygen atoms in total. The van der Waals surface area contributed by atoms with Crippen LogP contribution in [0.15, 0.2) is 0 Å². The van der Waals surface area contributed by atoms with Crippen molar-refractivity contribution >= 4 is 17.9 Å². The largest absolute Gasteiger partial charge is 0.444 e. The van der Waals surface area contributed by atoms with Crippen molar-refractivity contribution in [2.75, 3.05) is 7.05 Å². The fraction of sp³-hybridized carbons (Fsp3) is 0.812. The predicted molar refractivity (Wildman–Crippen MR) is 84.6 cm³/mol. The predicted octanol–water partition coefficient (Wildman–Crippen LogP) is 0.930. The Morgan fingerprint density at radius 2 is 1.39 bits per heavy atom. The van der Waals surface area contributed by atoms with Crippen LogP contribution in [0.3, 0.4) is 0 Å². The Morgan fingerprint density at radius 3 is 1.83 bits per heavy atom. The fourth-order valence-corrected chi connectivity index (χ4v) is 2.91. The van der Waals surface area contributed by atoms with Crippen LogP contribution >= 0.6 is 0 Å². The highest BCUT2D eigenvalue weighted by atomic mass is 16.6. The van der Waals surface area contributed by atoms with E-state index in [0.717, 1.165) is 25.7 Å². The fourth-order valence-electron chi connectivity index (χ4n) is 2.91. The van der Waals surface area contributed by atoms with Crippen LogP contribution in [-0.4, -0.2) is 42.6 Å². The second-order valence-electron chi connectivity index (χ2n) is 7.35. The highest BCUT2D eigenvalue weighted by molar-refractivity contribution is 5.84. The monoisotopic (exact) mass is 325 g/mol. The Labute approximate surface area is 136 Å². The van der Waals surface area contributed by atoms with Crippen LogP contribution in [0.4, 0.5) is 4.79 Å². The number of hydrogen-bond donors (Lipinski definition) is 3. The second kappa shape index (κ2) is 6.76. The van der Waals surface area contributed by atoms with E-state index in [1.165, 1.54) is 0 Å². The van der Waals surface area contributed by atoms with Crippen molar-refractivity contribution in [1.82, 2.24) is 16.0 Å². The lowest BCUT2D eigenvalue weighted by Crippen LogP contribution is -2.58. The number of amides is 3. The molecule has 130 valence electrons. The summed E-state index contributed by atoms with van der Waals surface area (Å²) in [6.45, 7) is 5.40. The number of carbonyl (C=O) groups is 3. The van der Waals surface area contributed by atoms with Gasteiger partial charge in [-0.25, -0.2) is 4.79 Å². The summed E-state index contributed by atoms with van der Waals surface area (Å²) in [6, 6.07) is -0.284. The molecule has 0 aliphatic heterocycles. The van der Waals surface area contributed by atoms with Crippen molar-refractivity contribution in [3.8, 4) is 0 Å². The van der Waals surface area contributed by atoms with Gasteiger partial charge in [0.2, 0.25) is 11.8 Å². The third-order valence-corrected chi connectivity index (χ3v) is 4.50. The Balaban J connectivity index is 1.79. The Hall–Kier alpha value is -1.79. The Kier molecular flexibility index (Phi) is 5.16. The van der Waals surface area contributed by atoms with Crippen LogP contribution in [0.25, 0.3) is 0 Å².